The second kappa shape index (κ2) is 6.82. The molecule has 2 heterocycles. The van der Waals surface area contributed by atoms with Gasteiger partial charge < -0.3 is 5.32 Å². The molecule has 1 N–H and O–H groups in total. The molecule has 0 radical (unpaired) electrons. The fourth-order valence-corrected chi connectivity index (χ4v) is 4.22. The Balaban J connectivity index is 1.77. The van der Waals surface area contributed by atoms with Gasteiger partial charge in [-0.15, -0.1) is 0 Å². The molecule has 26 heavy (non-hydrogen) atoms. The first kappa shape index (κ1) is 17.2. The van der Waals surface area contributed by atoms with Crippen molar-refractivity contribution in [2.45, 2.75) is 25.4 Å². The molecule has 0 fully saturated rings. The lowest BCUT2D eigenvalue weighted by atomic mass is 10.1. The molecule has 0 unspecified atom stereocenters. The number of nitrogens with one attached hydrogen (secondary N) is 1. The van der Waals surface area contributed by atoms with E-state index >= 15 is 0 Å². The smallest absolute Gasteiger partial charge is 0.256 e. The highest BCUT2D eigenvalue weighted by Gasteiger charge is 2.25. The number of benzene rings is 2. The summed E-state index contributed by atoms with van der Waals surface area (Å²) in [6, 6.07) is 13.0. The molecule has 1 aromatic heterocycles. The van der Waals surface area contributed by atoms with Gasteiger partial charge in [-0.1, -0.05) is 23.7 Å². The Bertz CT molecular complexity index is 995. The third kappa shape index (κ3) is 3.02. The van der Waals surface area contributed by atoms with Crippen molar-refractivity contribution in [1.29, 1.82) is 0 Å². The third-order valence-electron chi connectivity index (χ3n) is 4.69. The van der Waals surface area contributed by atoms with Crippen molar-refractivity contribution in [3.8, 4) is 5.69 Å². The fourth-order valence-electron chi connectivity index (χ4n) is 3.06. The van der Waals surface area contributed by atoms with Crippen LogP contribution in [0, 0.1) is 13.8 Å². The summed E-state index contributed by atoms with van der Waals surface area (Å²) >= 11 is 7.74. The lowest BCUT2D eigenvalue weighted by Crippen LogP contribution is -2.16. The maximum atomic E-state index is 12.8. The van der Waals surface area contributed by atoms with Gasteiger partial charge in [0.25, 0.3) is 5.91 Å². The molecule has 0 aliphatic carbocycles. The summed E-state index contributed by atoms with van der Waals surface area (Å²) in [6.45, 7) is 4.16. The molecule has 1 amide bonds. The lowest BCUT2D eigenvalue weighted by molar-refractivity contribution is 0.102. The number of aromatic nitrogens is 2. The largest absolute Gasteiger partial charge is 0.306 e. The Hall–Kier alpha value is -2.24. The first-order valence-corrected chi connectivity index (χ1v) is 9.90. The van der Waals surface area contributed by atoms with Gasteiger partial charge >= 0.3 is 0 Å². The Labute approximate surface area is 161 Å². The van der Waals surface area contributed by atoms with Crippen LogP contribution in [0.1, 0.15) is 32.7 Å². The quantitative estimate of drug-likeness (QED) is 0.681. The molecule has 6 heteroatoms. The number of thioether (sulfide) groups is 1. The van der Waals surface area contributed by atoms with Crippen LogP contribution in [-0.2, 0) is 11.5 Å². The minimum Gasteiger partial charge on any atom is -0.306 e. The van der Waals surface area contributed by atoms with Gasteiger partial charge in [-0.25, -0.2) is 4.68 Å². The van der Waals surface area contributed by atoms with Crippen LogP contribution in [0.3, 0.4) is 0 Å². The molecular formula is C20H18ClN3OS. The number of aryl methyl sites for hydroxylation is 1. The molecule has 4 nitrogen and oxygen atoms in total. The number of halogens is 1. The monoisotopic (exact) mass is 383 g/mol. The highest BCUT2D eigenvalue weighted by atomic mass is 35.5. The standard InChI is InChI=1S/C20H18ClN3OS/c1-12-4-3-5-18(13(12)2)24-19(16-10-26-11-17(16)23-24)22-20(25)14-6-8-15(21)9-7-14/h3-9H,10-11H2,1-2H3,(H,22,25). The van der Waals surface area contributed by atoms with E-state index in [1.165, 1.54) is 5.56 Å². The molecule has 0 saturated heterocycles. The maximum absolute atomic E-state index is 12.8. The van der Waals surface area contributed by atoms with E-state index in [1.807, 2.05) is 28.6 Å². The Kier molecular flexibility index (Phi) is 4.51. The molecule has 2 aromatic carbocycles. The predicted octanol–water partition coefficient (Wildman–Crippen LogP) is 5.14. The number of fused-ring (bicyclic) bond motifs is 1. The van der Waals surface area contributed by atoms with E-state index < -0.39 is 0 Å². The number of amides is 1. The van der Waals surface area contributed by atoms with Crippen molar-refractivity contribution in [3.05, 3.63) is 75.4 Å². The van der Waals surface area contributed by atoms with Gasteiger partial charge in [0.15, 0.2) is 0 Å². The number of hydrogen-bond donors (Lipinski definition) is 1. The van der Waals surface area contributed by atoms with Gasteiger partial charge in [0.05, 0.1) is 11.4 Å². The molecule has 1 aliphatic rings. The molecule has 0 bridgehead atoms. The first-order chi connectivity index (χ1) is 12.5. The summed E-state index contributed by atoms with van der Waals surface area (Å²) < 4.78 is 1.88. The van der Waals surface area contributed by atoms with E-state index in [9.17, 15) is 4.79 Å². The van der Waals surface area contributed by atoms with Crippen LogP contribution >= 0.6 is 23.4 Å². The van der Waals surface area contributed by atoms with E-state index in [1.54, 1.807) is 24.3 Å². The van der Waals surface area contributed by atoms with Gasteiger partial charge in [-0.05, 0) is 55.3 Å². The minimum absolute atomic E-state index is 0.159. The number of anilines is 1. The maximum Gasteiger partial charge on any atom is 0.256 e. The van der Waals surface area contributed by atoms with E-state index in [-0.39, 0.29) is 5.91 Å². The summed E-state index contributed by atoms with van der Waals surface area (Å²) in [5.74, 6) is 2.33. The Morgan fingerprint density at radius 3 is 2.69 bits per heavy atom. The second-order valence-electron chi connectivity index (χ2n) is 6.36. The second-order valence-corrected chi connectivity index (χ2v) is 7.78. The molecular weight excluding hydrogens is 366 g/mol. The zero-order valence-corrected chi connectivity index (χ0v) is 16.1. The van der Waals surface area contributed by atoms with Crippen molar-refractivity contribution in [3.63, 3.8) is 0 Å². The predicted molar refractivity (Wildman–Crippen MR) is 107 cm³/mol. The van der Waals surface area contributed by atoms with Gasteiger partial charge in [-0.2, -0.15) is 16.9 Å². The molecule has 0 atom stereocenters. The van der Waals surface area contributed by atoms with E-state index in [4.69, 9.17) is 16.7 Å². The Morgan fingerprint density at radius 1 is 1.15 bits per heavy atom. The average Bonchev–Trinajstić information content (AvgIpc) is 3.21. The van der Waals surface area contributed by atoms with Crippen LogP contribution in [0.2, 0.25) is 5.02 Å². The fraction of sp³-hybridized carbons (Fsp3) is 0.200. The van der Waals surface area contributed by atoms with Crippen LogP contribution in [0.15, 0.2) is 42.5 Å². The summed E-state index contributed by atoms with van der Waals surface area (Å²) in [5, 5.41) is 8.47. The number of carbonyl (C=O) groups is 1. The molecule has 132 valence electrons. The van der Waals surface area contributed by atoms with Crippen molar-refractivity contribution in [2.75, 3.05) is 5.32 Å². The highest BCUT2D eigenvalue weighted by molar-refractivity contribution is 7.98. The van der Waals surface area contributed by atoms with Crippen molar-refractivity contribution < 1.29 is 4.79 Å². The summed E-state index contributed by atoms with van der Waals surface area (Å²) in [6.07, 6.45) is 0. The summed E-state index contributed by atoms with van der Waals surface area (Å²) in [5.41, 5.74) is 6.07. The number of hydrogen-bond acceptors (Lipinski definition) is 3. The molecule has 0 saturated carbocycles. The zero-order valence-electron chi connectivity index (χ0n) is 14.5. The van der Waals surface area contributed by atoms with Gasteiger partial charge in [-0.3, -0.25) is 4.79 Å². The van der Waals surface area contributed by atoms with Crippen LogP contribution in [0.25, 0.3) is 5.69 Å². The lowest BCUT2D eigenvalue weighted by Gasteiger charge is -2.14. The van der Waals surface area contributed by atoms with Crippen LogP contribution in [0.5, 0.6) is 0 Å². The third-order valence-corrected chi connectivity index (χ3v) is 5.92. The van der Waals surface area contributed by atoms with Gasteiger partial charge in [0, 0.05) is 27.7 Å². The molecule has 3 aromatic rings. The first-order valence-electron chi connectivity index (χ1n) is 8.36. The summed E-state index contributed by atoms with van der Waals surface area (Å²) in [7, 11) is 0. The summed E-state index contributed by atoms with van der Waals surface area (Å²) in [4.78, 5) is 12.8. The van der Waals surface area contributed by atoms with Crippen molar-refractivity contribution in [1.82, 2.24) is 9.78 Å². The van der Waals surface area contributed by atoms with Crippen molar-refractivity contribution in [2.24, 2.45) is 0 Å². The molecule has 4 rings (SSSR count). The SMILES string of the molecule is Cc1cccc(-n2nc3c(c2NC(=O)c2ccc(Cl)cc2)CSC3)c1C. The zero-order chi connectivity index (χ0) is 18.3. The van der Waals surface area contributed by atoms with Gasteiger partial charge in [0.1, 0.15) is 5.82 Å². The highest BCUT2D eigenvalue weighted by Crippen LogP contribution is 2.37. The molecule has 1 aliphatic heterocycles. The normalized spacial score (nSPS) is 12.9. The van der Waals surface area contributed by atoms with Crippen LogP contribution < -0.4 is 5.32 Å². The van der Waals surface area contributed by atoms with Crippen LogP contribution in [-0.4, -0.2) is 15.7 Å². The topological polar surface area (TPSA) is 46.9 Å². The van der Waals surface area contributed by atoms with E-state index in [0.717, 1.165) is 39.8 Å². The molecule has 0 spiro atoms. The van der Waals surface area contributed by atoms with Crippen molar-refractivity contribution >= 4 is 35.1 Å². The van der Waals surface area contributed by atoms with E-state index in [2.05, 4.69) is 25.2 Å². The Morgan fingerprint density at radius 2 is 1.92 bits per heavy atom. The number of nitrogens with zero attached hydrogens (tertiary/aromatic N) is 2. The van der Waals surface area contributed by atoms with Crippen LogP contribution in [0.4, 0.5) is 5.82 Å². The number of carbonyl (C=O) groups excluding carboxylic acids is 1. The minimum atomic E-state index is -0.159. The van der Waals surface area contributed by atoms with E-state index in [0.29, 0.717) is 10.6 Å². The average molecular weight is 384 g/mol. The number of rotatable bonds is 3. The van der Waals surface area contributed by atoms with Gasteiger partial charge in [0.2, 0.25) is 0 Å².